The maximum Gasteiger partial charge on any atom is 0.408 e. The lowest BCUT2D eigenvalue weighted by molar-refractivity contribution is -0.110. The molecule has 0 heterocycles. The van der Waals surface area contributed by atoms with Gasteiger partial charge in [-0.15, -0.1) is 0 Å². The van der Waals surface area contributed by atoms with Gasteiger partial charge in [0.05, 0.1) is 5.37 Å². The molecule has 116 valence electrons. The van der Waals surface area contributed by atoms with Crippen LogP contribution in [0.3, 0.4) is 0 Å². The molecule has 1 unspecified atom stereocenters. The van der Waals surface area contributed by atoms with E-state index >= 15 is 0 Å². The monoisotopic (exact) mass is 309 g/mol. The van der Waals surface area contributed by atoms with E-state index in [1.54, 1.807) is 0 Å². The van der Waals surface area contributed by atoms with Gasteiger partial charge in [0.15, 0.2) is 5.12 Å². The Labute approximate surface area is 130 Å². The summed E-state index contributed by atoms with van der Waals surface area (Å²) < 4.78 is 5.25. The Hall–Kier alpha value is -1.49. The third-order valence-corrected chi connectivity index (χ3v) is 3.62. The van der Waals surface area contributed by atoms with Gasteiger partial charge in [0.25, 0.3) is 0 Å². The molecule has 0 spiro atoms. The molecule has 0 saturated heterocycles. The van der Waals surface area contributed by atoms with Gasteiger partial charge in [-0.1, -0.05) is 49.0 Å². The molecule has 1 amide bonds. The van der Waals surface area contributed by atoms with Crippen LogP contribution in [0.2, 0.25) is 0 Å². The highest BCUT2D eigenvalue weighted by Crippen LogP contribution is 2.18. The molecule has 0 saturated carbocycles. The number of hydrogen-bond donors (Lipinski definition) is 1. The molecule has 0 aromatic heterocycles. The lowest BCUT2D eigenvalue weighted by Gasteiger charge is -2.23. The zero-order chi connectivity index (χ0) is 15.9. The molecule has 1 rings (SSSR count). The summed E-state index contributed by atoms with van der Waals surface area (Å²) in [7, 11) is 0. The van der Waals surface area contributed by atoms with Gasteiger partial charge in [-0.25, -0.2) is 4.79 Å². The molecule has 0 aliphatic rings. The number of carbonyl (C=O) groups excluding carboxylic acids is 2. The summed E-state index contributed by atoms with van der Waals surface area (Å²) in [6.45, 7) is 7.23. The van der Waals surface area contributed by atoms with Gasteiger partial charge < -0.3 is 10.1 Å². The highest BCUT2D eigenvalue weighted by molar-refractivity contribution is 8.14. The van der Waals surface area contributed by atoms with Crippen LogP contribution in [-0.2, 0) is 16.0 Å². The number of amides is 1. The van der Waals surface area contributed by atoms with E-state index in [9.17, 15) is 9.59 Å². The van der Waals surface area contributed by atoms with Crippen molar-refractivity contribution in [1.82, 2.24) is 5.32 Å². The zero-order valence-corrected chi connectivity index (χ0v) is 13.8. The van der Waals surface area contributed by atoms with Crippen LogP contribution in [0.15, 0.2) is 30.3 Å². The van der Waals surface area contributed by atoms with E-state index in [1.807, 2.05) is 58.0 Å². The van der Waals surface area contributed by atoms with Crippen LogP contribution < -0.4 is 5.32 Å². The first-order chi connectivity index (χ1) is 9.80. The first kappa shape index (κ1) is 17.6. The second-order valence-electron chi connectivity index (χ2n) is 5.67. The maximum atomic E-state index is 11.9. The number of hydrogen-bond acceptors (Lipinski definition) is 4. The fourth-order valence-corrected chi connectivity index (χ4v) is 2.55. The van der Waals surface area contributed by atoms with E-state index in [1.165, 1.54) is 0 Å². The molecule has 1 aromatic rings. The van der Waals surface area contributed by atoms with Crippen molar-refractivity contribution in [2.75, 3.05) is 0 Å². The van der Waals surface area contributed by atoms with Crippen LogP contribution in [0.4, 0.5) is 4.79 Å². The van der Waals surface area contributed by atoms with Crippen LogP contribution in [0.5, 0.6) is 0 Å². The van der Waals surface area contributed by atoms with Gasteiger partial charge in [0.2, 0.25) is 0 Å². The largest absolute Gasteiger partial charge is 0.444 e. The van der Waals surface area contributed by atoms with Crippen molar-refractivity contribution >= 4 is 23.0 Å². The number of carbonyl (C=O) groups is 2. The zero-order valence-electron chi connectivity index (χ0n) is 13.0. The number of nitrogens with one attached hydrogen (secondary N) is 1. The Kier molecular flexibility index (Phi) is 6.75. The van der Waals surface area contributed by atoms with E-state index in [2.05, 4.69) is 5.32 Å². The topological polar surface area (TPSA) is 55.4 Å². The van der Waals surface area contributed by atoms with E-state index in [-0.39, 0.29) is 10.5 Å². The number of benzene rings is 1. The van der Waals surface area contributed by atoms with Gasteiger partial charge in [0.1, 0.15) is 5.60 Å². The van der Waals surface area contributed by atoms with Crippen molar-refractivity contribution in [3.8, 4) is 0 Å². The van der Waals surface area contributed by atoms with Crippen molar-refractivity contribution in [1.29, 1.82) is 0 Å². The molecule has 4 nitrogen and oxygen atoms in total. The molecule has 0 bridgehead atoms. The normalized spacial score (nSPS) is 12.6. The molecule has 1 atom stereocenters. The van der Waals surface area contributed by atoms with Crippen molar-refractivity contribution < 1.29 is 14.3 Å². The van der Waals surface area contributed by atoms with Gasteiger partial charge >= 0.3 is 6.09 Å². The average Bonchev–Trinajstić information content (AvgIpc) is 2.37. The molecule has 0 aliphatic carbocycles. The summed E-state index contributed by atoms with van der Waals surface area (Å²) >= 11 is 1.14. The van der Waals surface area contributed by atoms with E-state index < -0.39 is 11.7 Å². The summed E-state index contributed by atoms with van der Waals surface area (Å²) in [6.07, 6.45) is 0.516. The molecule has 1 aromatic carbocycles. The highest BCUT2D eigenvalue weighted by atomic mass is 32.2. The Morgan fingerprint density at radius 3 is 2.38 bits per heavy atom. The van der Waals surface area contributed by atoms with E-state index in [0.717, 1.165) is 17.3 Å². The van der Waals surface area contributed by atoms with Crippen molar-refractivity contribution in [2.24, 2.45) is 0 Å². The van der Waals surface area contributed by atoms with Gasteiger partial charge in [-0.3, -0.25) is 4.79 Å². The third kappa shape index (κ3) is 7.75. The molecule has 0 aliphatic heterocycles. The molecular formula is C16H23NO3S. The highest BCUT2D eigenvalue weighted by Gasteiger charge is 2.21. The lowest BCUT2D eigenvalue weighted by atomic mass is 10.1. The molecule has 5 heteroatoms. The summed E-state index contributed by atoms with van der Waals surface area (Å²) in [5.41, 5.74) is 0.510. The van der Waals surface area contributed by atoms with Crippen LogP contribution in [0, 0.1) is 0 Å². The third-order valence-electron chi connectivity index (χ3n) is 2.50. The second kappa shape index (κ2) is 8.08. The fourth-order valence-electron chi connectivity index (χ4n) is 1.63. The number of ether oxygens (including phenoxy) is 1. The van der Waals surface area contributed by atoms with Crippen LogP contribution >= 0.6 is 11.8 Å². The first-order valence-corrected chi connectivity index (χ1v) is 7.91. The van der Waals surface area contributed by atoms with Crippen LogP contribution in [-0.4, -0.2) is 22.2 Å². The van der Waals surface area contributed by atoms with Gasteiger partial charge in [-0.05, 0) is 26.3 Å². The Balaban J connectivity index is 2.68. The average molecular weight is 309 g/mol. The predicted octanol–water partition coefficient (Wildman–Crippen LogP) is 3.75. The minimum Gasteiger partial charge on any atom is -0.444 e. The summed E-state index contributed by atoms with van der Waals surface area (Å²) in [5, 5.41) is 2.49. The lowest BCUT2D eigenvalue weighted by Crippen LogP contribution is -2.39. The molecule has 0 fully saturated rings. The van der Waals surface area contributed by atoms with Crippen molar-refractivity contribution in [2.45, 2.75) is 51.5 Å². The molecule has 0 radical (unpaired) electrons. The molecule has 1 N–H and O–H groups in total. The number of thioether (sulfide) groups is 1. The minimum absolute atomic E-state index is 0.0481. The van der Waals surface area contributed by atoms with Gasteiger partial charge in [0, 0.05) is 12.8 Å². The second-order valence-corrected chi connectivity index (χ2v) is 6.93. The van der Waals surface area contributed by atoms with Crippen LogP contribution in [0.1, 0.15) is 39.7 Å². The maximum absolute atomic E-state index is 11.9. The van der Waals surface area contributed by atoms with Gasteiger partial charge in [-0.2, -0.15) is 0 Å². The standard InChI is InChI=1S/C16H23NO3S/c1-5-14(18)21-13(11-12-9-7-6-8-10-12)17-15(19)20-16(2,3)4/h6-10,13H,5,11H2,1-4H3,(H,17,19). The number of rotatable bonds is 5. The van der Waals surface area contributed by atoms with Crippen molar-refractivity contribution in [3.63, 3.8) is 0 Å². The van der Waals surface area contributed by atoms with E-state index in [4.69, 9.17) is 4.74 Å². The predicted molar refractivity (Wildman–Crippen MR) is 86.2 cm³/mol. The smallest absolute Gasteiger partial charge is 0.408 e. The SMILES string of the molecule is CCC(=O)SC(Cc1ccccc1)NC(=O)OC(C)(C)C. The van der Waals surface area contributed by atoms with Crippen LogP contribution in [0.25, 0.3) is 0 Å². The Morgan fingerprint density at radius 2 is 1.86 bits per heavy atom. The summed E-state index contributed by atoms with van der Waals surface area (Å²) in [6, 6.07) is 9.75. The van der Waals surface area contributed by atoms with E-state index in [0.29, 0.717) is 12.8 Å². The fraction of sp³-hybridized carbons (Fsp3) is 0.500. The minimum atomic E-state index is -0.555. The first-order valence-electron chi connectivity index (χ1n) is 7.03. The number of alkyl carbamates (subject to hydrolysis) is 1. The molecular weight excluding hydrogens is 286 g/mol. The molecule has 21 heavy (non-hydrogen) atoms. The Morgan fingerprint density at radius 1 is 1.24 bits per heavy atom. The quantitative estimate of drug-likeness (QED) is 0.842. The Bertz CT molecular complexity index is 468. The summed E-state index contributed by atoms with van der Waals surface area (Å²) in [5.74, 6) is 0. The summed E-state index contributed by atoms with van der Waals surface area (Å²) in [4.78, 5) is 23.5. The van der Waals surface area contributed by atoms with Crippen molar-refractivity contribution in [3.05, 3.63) is 35.9 Å².